The minimum absolute atomic E-state index is 0.235. The summed E-state index contributed by atoms with van der Waals surface area (Å²) in [5, 5.41) is 14.3. The maximum atomic E-state index is 13.8. The van der Waals surface area contributed by atoms with E-state index in [2.05, 4.69) is 0 Å². The van der Waals surface area contributed by atoms with Crippen molar-refractivity contribution in [1.29, 1.82) is 0 Å². The largest absolute Gasteiger partial charge is 0.393 e. The third-order valence-electron chi connectivity index (χ3n) is 3.05. The van der Waals surface area contributed by atoms with E-state index in [1.165, 1.54) is 12.1 Å². The topological polar surface area (TPSA) is 83.6 Å². The van der Waals surface area contributed by atoms with E-state index in [1.807, 2.05) is 0 Å². The molecule has 0 atom stereocenters. The van der Waals surface area contributed by atoms with Crippen LogP contribution < -0.4 is 10.0 Å². The van der Waals surface area contributed by atoms with Gasteiger partial charge in [-0.15, -0.1) is 0 Å². The lowest BCUT2D eigenvalue weighted by molar-refractivity contribution is 0.145. The van der Waals surface area contributed by atoms with Gasteiger partial charge in [0.1, 0.15) is 5.82 Å². The molecule has 0 saturated carbocycles. The second-order valence-corrected chi connectivity index (χ2v) is 5.94. The fourth-order valence-corrected chi connectivity index (χ4v) is 2.55. The van der Waals surface area contributed by atoms with Gasteiger partial charge in [0.15, 0.2) is 0 Å². The summed E-state index contributed by atoms with van der Waals surface area (Å²) in [6.45, 7) is 1.10. The van der Waals surface area contributed by atoms with Crippen LogP contribution in [0, 0.1) is 5.82 Å². The summed E-state index contributed by atoms with van der Waals surface area (Å²) in [7, 11) is -3.88. The molecule has 5 nitrogen and oxygen atoms in total. The van der Waals surface area contributed by atoms with Crippen LogP contribution in [0.15, 0.2) is 23.1 Å². The van der Waals surface area contributed by atoms with Crippen molar-refractivity contribution in [1.82, 2.24) is 0 Å². The molecule has 1 saturated heterocycles. The maximum Gasteiger partial charge on any atom is 0.238 e. The summed E-state index contributed by atoms with van der Waals surface area (Å²) >= 11 is 0. The van der Waals surface area contributed by atoms with Gasteiger partial charge in [0, 0.05) is 13.1 Å². The number of piperidine rings is 1. The van der Waals surface area contributed by atoms with E-state index in [1.54, 1.807) is 4.90 Å². The van der Waals surface area contributed by atoms with Gasteiger partial charge < -0.3 is 10.0 Å². The Hall–Kier alpha value is -1.18. The number of hydrogen-bond donors (Lipinski definition) is 2. The number of anilines is 1. The zero-order valence-corrected chi connectivity index (χ0v) is 10.5. The van der Waals surface area contributed by atoms with Crippen LogP contribution >= 0.6 is 0 Å². The number of nitrogens with zero attached hydrogens (tertiary/aromatic N) is 1. The quantitative estimate of drug-likeness (QED) is 0.819. The van der Waals surface area contributed by atoms with E-state index in [0.29, 0.717) is 31.6 Å². The molecule has 1 aromatic rings. The van der Waals surface area contributed by atoms with Gasteiger partial charge in [0.25, 0.3) is 0 Å². The van der Waals surface area contributed by atoms with Crippen LogP contribution in [-0.2, 0) is 10.0 Å². The Morgan fingerprint density at radius 2 is 1.94 bits per heavy atom. The number of halogens is 1. The van der Waals surface area contributed by atoms with Gasteiger partial charge in [0.05, 0.1) is 16.7 Å². The first-order valence-corrected chi connectivity index (χ1v) is 7.18. The number of sulfonamides is 1. The second-order valence-electron chi connectivity index (χ2n) is 4.38. The molecule has 0 unspecified atom stereocenters. The lowest BCUT2D eigenvalue weighted by atomic mass is 10.1. The van der Waals surface area contributed by atoms with Gasteiger partial charge in [0.2, 0.25) is 10.0 Å². The number of rotatable bonds is 2. The lowest BCUT2D eigenvalue weighted by Crippen LogP contribution is -2.36. The van der Waals surface area contributed by atoms with Gasteiger partial charge in [-0.05, 0) is 31.0 Å². The molecular formula is C11H15FN2O3S. The van der Waals surface area contributed by atoms with E-state index in [9.17, 15) is 17.9 Å². The second kappa shape index (κ2) is 4.83. The number of aliphatic hydroxyl groups excluding tert-OH is 1. The standard InChI is InChI=1S/C11H15FN2O3S/c12-10-7-9(18(13,16)17)1-2-11(10)14-5-3-8(15)4-6-14/h1-2,7-8,15H,3-6H2,(H2,13,16,17). The molecule has 18 heavy (non-hydrogen) atoms. The molecule has 7 heteroatoms. The van der Waals surface area contributed by atoms with Gasteiger partial charge in [-0.25, -0.2) is 17.9 Å². The normalized spacial score (nSPS) is 18.1. The maximum absolute atomic E-state index is 13.8. The Kier molecular flexibility index (Phi) is 3.56. The van der Waals surface area contributed by atoms with Crippen molar-refractivity contribution < 1.29 is 17.9 Å². The Morgan fingerprint density at radius 1 is 1.33 bits per heavy atom. The summed E-state index contributed by atoms with van der Waals surface area (Å²) < 4.78 is 36.0. The molecule has 0 aliphatic carbocycles. The monoisotopic (exact) mass is 274 g/mol. The summed E-state index contributed by atoms with van der Waals surface area (Å²) in [6, 6.07) is 3.63. The third kappa shape index (κ3) is 2.80. The van der Waals surface area contributed by atoms with Crippen LogP contribution in [0.2, 0.25) is 0 Å². The fourth-order valence-electron chi connectivity index (χ4n) is 2.03. The summed E-state index contributed by atoms with van der Waals surface area (Å²) in [6.07, 6.45) is 0.820. The average molecular weight is 274 g/mol. The van der Waals surface area contributed by atoms with Crippen LogP contribution in [0.1, 0.15) is 12.8 Å². The van der Waals surface area contributed by atoms with Crippen molar-refractivity contribution in [2.75, 3.05) is 18.0 Å². The van der Waals surface area contributed by atoms with Crippen LogP contribution in [0.25, 0.3) is 0 Å². The highest BCUT2D eigenvalue weighted by molar-refractivity contribution is 7.89. The number of benzene rings is 1. The average Bonchev–Trinajstić information content (AvgIpc) is 2.29. The molecule has 0 amide bonds. The van der Waals surface area contributed by atoms with E-state index in [0.717, 1.165) is 6.07 Å². The first kappa shape index (κ1) is 13.3. The lowest BCUT2D eigenvalue weighted by Gasteiger charge is -2.31. The molecule has 1 heterocycles. The molecular weight excluding hydrogens is 259 g/mol. The Labute approximate surface area is 105 Å². The van der Waals surface area contributed by atoms with Crippen molar-refractivity contribution in [2.45, 2.75) is 23.8 Å². The molecule has 1 aliphatic heterocycles. The zero-order valence-electron chi connectivity index (χ0n) is 9.71. The molecule has 0 spiro atoms. The fraction of sp³-hybridized carbons (Fsp3) is 0.455. The van der Waals surface area contributed by atoms with Gasteiger partial charge in [-0.3, -0.25) is 0 Å². The molecule has 2 rings (SSSR count). The van der Waals surface area contributed by atoms with Crippen LogP contribution in [-0.4, -0.2) is 32.7 Å². The Balaban J connectivity index is 2.25. The van der Waals surface area contributed by atoms with Crippen molar-refractivity contribution in [2.24, 2.45) is 5.14 Å². The van der Waals surface area contributed by atoms with Crippen molar-refractivity contribution in [3.63, 3.8) is 0 Å². The van der Waals surface area contributed by atoms with E-state index >= 15 is 0 Å². The summed E-state index contributed by atoms with van der Waals surface area (Å²) in [5.74, 6) is -0.613. The molecule has 0 bridgehead atoms. The highest BCUT2D eigenvalue weighted by Crippen LogP contribution is 2.25. The Morgan fingerprint density at radius 3 is 2.44 bits per heavy atom. The van der Waals surface area contributed by atoms with Gasteiger partial charge in [-0.2, -0.15) is 0 Å². The smallest absolute Gasteiger partial charge is 0.238 e. The van der Waals surface area contributed by atoms with Crippen LogP contribution in [0.3, 0.4) is 0 Å². The van der Waals surface area contributed by atoms with Crippen molar-refractivity contribution in [3.05, 3.63) is 24.0 Å². The molecule has 1 aliphatic rings. The highest BCUT2D eigenvalue weighted by Gasteiger charge is 2.20. The SMILES string of the molecule is NS(=O)(=O)c1ccc(N2CCC(O)CC2)c(F)c1. The first-order valence-electron chi connectivity index (χ1n) is 5.63. The number of primary sulfonamides is 1. The molecule has 1 aromatic carbocycles. The number of hydrogen-bond acceptors (Lipinski definition) is 4. The summed E-state index contributed by atoms with van der Waals surface area (Å²) in [5.41, 5.74) is 0.342. The van der Waals surface area contributed by atoms with Crippen LogP contribution in [0.5, 0.6) is 0 Å². The minimum atomic E-state index is -3.88. The predicted octanol–water partition coefficient (Wildman–Crippen LogP) is 0.434. The first-order chi connectivity index (χ1) is 8.38. The molecule has 0 aromatic heterocycles. The number of nitrogens with two attached hydrogens (primary N) is 1. The molecule has 0 radical (unpaired) electrons. The van der Waals surface area contributed by atoms with Gasteiger partial charge in [-0.1, -0.05) is 0 Å². The van der Waals surface area contributed by atoms with E-state index in [4.69, 9.17) is 5.14 Å². The van der Waals surface area contributed by atoms with Crippen molar-refractivity contribution in [3.8, 4) is 0 Å². The predicted molar refractivity (Wildman–Crippen MR) is 65.2 cm³/mol. The van der Waals surface area contributed by atoms with E-state index in [-0.39, 0.29) is 11.0 Å². The third-order valence-corrected chi connectivity index (χ3v) is 3.96. The van der Waals surface area contributed by atoms with Crippen LogP contribution in [0.4, 0.5) is 10.1 Å². The van der Waals surface area contributed by atoms with E-state index < -0.39 is 15.8 Å². The molecule has 1 fully saturated rings. The highest BCUT2D eigenvalue weighted by atomic mass is 32.2. The Bertz CT molecular complexity index is 539. The molecule has 100 valence electrons. The number of aliphatic hydroxyl groups is 1. The van der Waals surface area contributed by atoms with Gasteiger partial charge >= 0.3 is 0 Å². The minimum Gasteiger partial charge on any atom is -0.393 e. The summed E-state index contributed by atoms with van der Waals surface area (Å²) in [4.78, 5) is 1.55. The van der Waals surface area contributed by atoms with Crippen molar-refractivity contribution >= 4 is 15.7 Å². The zero-order chi connectivity index (χ0) is 13.3. The molecule has 3 N–H and O–H groups in total.